The molecule has 5 heteroatoms. The summed E-state index contributed by atoms with van der Waals surface area (Å²) in [4.78, 5) is 14.8. The number of carbonyl (C=O) groups excluding carboxylic acids is 1. The molecule has 2 aromatic rings. The van der Waals surface area contributed by atoms with Crippen LogP contribution in [0.4, 0.5) is 4.39 Å². The van der Waals surface area contributed by atoms with Crippen LogP contribution in [-0.2, 0) is 13.5 Å². The lowest BCUT2D eigenvalue weighted by molar-refractivity contribution is 0.0684. The predicted octanol–water partition coefficient (Wildman–Crippen LogP) is 3.19. The van der Waals surface area contributed by atoms with Crippen molar-refractivity contribution in [1.82, 2.24) is 14.7 Å². The Morgan fingerprint density at radius 3 is 2.61 bits per heavy atom. The monoisotopic (exact) mass is 315 g/mol. The highest BCUT2D eigenvalue weighted by Gasteiger charge is 2.27. The van der Waals surface area contributed by atoms with Gasteiger partial charge in [-0.3, -0.25) is 9.48 Å². The van der Waals surface area contributed by atoms with Crippen LogP contribution in [0.25, 0.3) is 0 Å². The number of carbonyl (C=O) groups is 1. The Kier molecular flexibility index (Phi) is 4.74. The van der Waals surface area contributed by atoms with Gasteiger partial charge < -0.3 is 4.90 Å². The molecule has 1 aliphatic carbocycles. The Balaban J connectivity index is 1.72. The first-order valence-corrected chi connectivity index (χ1v) is 8.17. The third-order valence-electron chi connectivity index (χ3n) is 4.53. The van der Waals surface area contributed by atoms with E-state index in [0.717, 1.165) is 24.8 Å². The fourth-order valence-electron chi connectivity index (χ4n) is 3.26. The van der Waals surface area contributed by atoms with Crippen LogP contribution in [0.1, 0.15) is 41.6 Å². The second-order valence-corrected chi connectivity index (χ2v) is 6.22. The van der Waals surface area contributed by atoms with Crippen LogP contribution in [0.5, 0.6) is 0 Å². The van der Waals surface area contributed by atoms with Gasteiger partial charge >= 0.3 is 0 Å². The molecule has 1 saturated carbocycles. The average Bonchev–Trinajstić information content (AvgIpc) is 3.21. The molecule has 1 heterocycles. The summed E-state index contributed by atoms with van der Waals surface area (Å²) in [5.41, 5.74) is 1.69. The summed E-state index contributed by atoms with van der Waals surface area (Å²) < 4.78 is 14.7. The number of rotatable bonds is 5. The zero-order valence-corrected chi connectivity index (χ0v) is 13.4. The van der Waals surface area contributed by atoms with Gasteiger partial charge in [-0.05, 0) is 37.0 Å². The molecule has 0 N–H and O–H groups in total. The molecule has 0 spiro atoms. The van der Waals surface area contributed by atoms with Gasteiger partial charge in [0.05, 0.1) is 11.8 Å². The topological polar surface area (TPSA) is 38.1 Å². The molecule has 3 rings (SSSR count). The first kappa shape index (κ1) is 15.7. The van der Waals surface area contributed by atoms with E-state index in [1.807, 2.05) is 11.9 Å². The van der Waals surface area contributed by atoms with Crippen molar-refractivity contribution in [2.75, 3.05) is 6.54 Å². The van der Waals surface area contributed by atoms with Gasteiger partial charge in [-0.1, -0.05) is 25.0 Å². The summed E-state index contributed by atoms with van der Waals surface area (Å²) >= 11 is 0. The van der Waals surface area contributed by atoms with Crippen LogP contribution in [0, 0.1) is 5.82 Å². The number of hydrogen-bond donors (Lipinski definition) is 0. The average molecular weight is 315 g/mol. The van der Waals surface area contributed by atoms with Crippen LogP contribution in [0.3, 0.4) is 0 Å². The second kappa shape index (κ2) is 6.94. The highest BCUT2D eigenvalue weighted by molar-refractivity contribution is 5.94. The lowest BCUT2D eigenvalue weighted by Crippen LogP contribution is -2.40. The molecule has 122 valence electrons. The van der Waals surface area contributed by atoms with Crippen LogP contribution in [-0.4, -0.2) is 33.2 Å². The maximum atomic E-state index is 13.0. The third-order valence-corrected chi connectivity index (χ3v) is 4.53. The summed E-state index contributed by atoms with van der Waals surface area (Å²) in [6.07, 6.45) is 8.62. The summed E-state index contributed by atoms with van der Waals surface area (Å²) in [5.74, 6) is -0.181. The summed E-state index contributed by atoms with van der Waals surface area (Å²) in [5, 5.41) is 4.10. The number of hydrogen-bond acceptors (Lipinski definition) is 2. The Morgan fingerprint density at radius 1 is 1.30 bits per heavy atom. The van der Waals surface area contributed by atoms with Gasteiger partial charge in [-0.2, -0.15) is 5.10 Å². The fourth-order valence-corrected chi connectivity index (χ4v) is 3.26. The van der Waals surface area contributed by atoms with Crippen molar-refractivity contribution in [2.45, 2.75) is 38.1 Å². The summed E-state index contributed by atoms with van der Waals surface area (Å²) in [6.45, 7) is 0.657. The van der Waals surface area contributed by atoms with Crippen molar-refractivity contribution < 1.29 is 9.18 Å². The summed E-state index contributed by atoms with van der Waals surface area (Å²) in [7, 11) is 1.81. The van der Waals surface area contributed by atoms with E-state index in [9.17, 15) is 9.18 Å². The van der Waals surface area contributed by atoms with Crippen molar-refractivity contribution in [3.63, 3.8) is 0 Å². The molecule has 1 aromatic heterocycles. The van der Waals surface area contributed by atoms with E-state index < -0.39 is 0 Å². The highest BCUT2D eigenvalue weighted by atomic mass is 19.1. The Labute approximate surface area is 135 Å². The van der Waals surface area contributed by atoms with Gasteiger partial charge in [0.2, 0.25) is 0 Å². The molecule has 1 fully saturated rings. The minimum atomic E-state index is -0.229. The van der Waals surface area contributed by atoms with Gasteiger partial charge in [-0.25, -0.2) is 4.39 Å². The van der Waals surface area contributed by atoms with Gasteiger partial charge in [0, 0.05) is 25.8 Å². The Bertz CT molecular complexity index is 659. The molecular weight excluding hydrogens is 293 g/mol. The molecule has 0 unspecified atom stereocenters. The van der Waals surface area contributed by atoms with E-state index in [1.54, 1.807) is 29.2 Å². The molecule has 0 saturated heterocycles. The van der Waals surface area contributed by atoms with Crippen molar-refractivity contribution in [2.24, 2.45) is 7.05 Å². The Hall–Kier alpha value is -2.17. The van der Waals surface area contributed by atoms with E-state index in [4.69, 9.17) is 0 Å². The van der Waals surface area contributed by atoms with Crippen LogP contribution < -0.4 is 0 Å². The minimum Gasteiger partial charge on any atom is -0.335 e. The van der Waals surface area contributed by atoms with Gasteiger partial charge in [-0.15, -0.1) is 0 Å². The molecule has 1 amide bonds. The first-order chi connectivity index (χ1) is 11.1. The van der Waals surface area contributed by atoms with E-state index in [2.05, 4.69) is 5.10 Å². The molecule has 0 aliphatic heterocycles. The van der Waals surface area contributed by atoms with E-state index in [1.165, 1.54) is 25.0 Å². The molecule has 1 aromatic carbocycles. The molecular formula is C18H22FN3O. The minimum absolute atomic E-state index is 0.0483. The van der Waals surface area contributed by atoms with Crippen molar-refractivity contribution >= 4 is 5.91 Å². The standard InChI is InChI=1S/C18H22FN3O/c1-21-13-15(12-20-21)18(23)22(17-4-2-3-5-17)11-10-14-6-8-16(19)9-7-14/h6-9,12-13,17H,2-5,10-11H2,1H3. The molecule has 1 aliphatic rings. The molecule has 0 atom stereocenters. The van der Waals surface area contributed by atoms with Gasteiger partial charge in [0.25, 0.3) is 5.91 Å². The lowest BCUT2D eigenvalue weighted by Gasteiger charge is -2.28. The van der Waals surface area contributed by atoms with Crippen molar-refractivity contribution in [1.29, 1.82) is 0 Å². The van der Waals surface area contributed by atoms with E-state index >= 15 is 0 Å². The van der Waals surface area contributed by atoms with E-state index in [0.29, 0.717) is 18.2 Å². The fraction of sp³-hybridized carbons (Fsp3) is 0.444. The third kappa shape index (κ3) is 3.78. The van der Waals surface area contributed by atoms with Crippen molar-refractivity contribution in [3.8, 4) is 0 Å². The quantitative estimate of drug-likeness (QED) is 0.850. The highest BCUT2D eigenvalue weighted by Crippen LogP contribution is 2.25. The SMILES string of the molecule is Cn1cc(C(=O)N(CCc2ccc(F)cc2)C2CCCC2)cn1. The Morgan fingerprint density at radius 2 is 2.00 bits per heavy atom. The van der Waals surface area contributed by atoms with E-state index in [-0.39, 0.29) is 11.7 Å². The number of aromatic nitrogens is 2. The molecule has 0 bridgehead atoms. The number of benzene rings is 1. The normalized spacial score (nSPS) is 15.0. The second-order valence-electron chi connectivity index (χ2n) is 6.22. The number of aryl methyl sites for hydroxylation is 1. The van der Waals surface area contributed by atoms with Gasteiger partial charge in [0.15, 0.2) is 0 Å². The zero-order valence-electron chi connectivity index (χ0n) is 13.4. The summed E-state index contributed by atoms with van der Waals surface area (Å²) in [6, 6.07) is 6.83. The lowest BCUT2D eigenvalue weighted by atomic mass is 10.1. The first-order valence-electron chi connectivity index (χ1n) is 8.17. The zero-order chi connectivity index (χ0) is 16.2. The number of amides is 1. The van der Waals surface area contributed by atoms with Gasteiger partial charge in [0.1, 0.15) is 5.82 Å². The molecule has 4 nitrogen and oxygen atoms in total. The van der Waals surface area contributed by atoms with Crippen LogP contribution in [0.15, 0.2) is 36.7 Å². The van der Waals surface area contributed by atoms with Crippen molar-refractivity contribution in [3.05, 3.63) is 53.6 Å². The van der Waals surface area contributed by atoms with Crippen LogP contribution >= 0.6 is 0 Å². The smallest absolute Gasteiger partial charge is 0.257 e. The van der Waals surface area contributed by atoms with Crippen LogP contribution in [0.2, 0.25) is 0 Å². The maximum absolute atomic E-state index is 13.0. The molecule has 0 radical (unpaired) electrons. The number of halogens is 1. The largest absolute Gasteiger partial charge is 0.335 e. The predicted molar refractivity (Wildman–Crippen MR) is 86.6 cm³/mol. The molecule has 23 heavy (non-hydrogen) atoms. The maximum Gasteiger partial charge on any atom is 0.257 e. The number of nitrogens with zero attached hydrogens (tertiary/aromatic N) is 3.